The molecule has 0 aliphatic carbocycles. The van der Waals surface area contributed by atoms with Crippen LogP contribution in [-0.4, -0.2) is 33.3 Å². The highest BCUT2D eigenvalue weighted by Gasteiger charge is 2.20. The van der Waals surface area contributed by atoms with E-state index >= 15 is 0 Å². The minimum Gasteiger partial charge on any atom is -0.493 e. The third-order valence-corrected chi connectivity index (χ3v) is 4.21. The summed E-state index contributed by atoms with van der Waals surface area (Å²) in [6, 6.07) is 10.5. The van der Waals surface area contributed by atoms with Crippen LogP contribution >= 0.6 is 11.6 Å². The molecule has 0 aliphatic heterocycles. The van der Waals surface area contributed by atoms with E-state index in [1.165, 1.54) is 7.11 Å². The number of nitrogens with one attached hydrogen (secondary N) is 1. The summed E-state index contributed by atoms with van der Waals surface area (Å²) < 4.78 is 21.8. The molecule has 0 saturated carbocycles. The molecule has 0 aromatic heterocycles. The fourth-order valence-electron chi connectivity index (χ4n) is 2.63. The maximum atomic E-state index is 12.5. The van der Waals surface area contributed by atoms with Crippen LogP contribution in [0, 0.1) is 0 Å². The molecule has 1 atom stereocenters. The number of carbonyl (C=O) groups is 1. The van der Waals surface area contributed by atoms with Gasteiger partial charge in [-0.2, -0.15) is 0 Å². The van der Waals surface area contributed by atoms with E-state index in [9.17, 15) is 4.79 Å². The second-order valence-corrected chi connectivity index (χ2v) is 6.12. The summed E-state index contributed by atoms with van der Waals surface area (Å²) in [6.07, 6.45) is -0.115. The number of rotatable bonds is 9. The normalized spacial score (nSPS) is 11.4. The number of carbonyl (C=O) groups excluding carboxylic acids is 1. The van der Waals surface area contributed by atoms with E-state index in [0.29, 0.717) is 34.4 Å². The third kappa shape index (κ3) is 5.20. The van der Waals surface area contributed by atoms with Gasteiger partial charge >= 0.3 is 0 Å². The molecule has 0 fully saturated rings. The molecule has 0 heterocycles. The van der Waals surface area contributed by atoms with Crippen molar-refractivity contribution in [1.29, 1.82) is 0 Å². The monoisotopic (exact) mass is 393 g/mol. The molecule has 7 heteroatoms. The number of ether oxygens (including phenoxy) is 4. The van der Waals surface area contributed by atoms with E-state index in [4.69, 9.17) is 30.5 Å². The summed E-state index contributed by atoms with van der Waals surface area (Å²) in [6.45, 7) is 2.14. The predicted molar refractivity (Wildman–Crippen MR) is 104 cm³/mol. The Hall–Kier alpha value is -2.60. The molecule has 1 N–H and O–H groups in total. The lowest BCUT2D eigenvalue weighted by Crippen LogP contribution is -2.37. The summed E-state index contributed by atoms with van der Waals surface area (Å²) in [5.41, 5.74) is 0.765. The lowest BCUT2D eigenvalue weighted by atomic mass is 10.1. The first-order valence-corrected chi connectivity index (χ1v) is 8.89. The Balaban J connectivity index is 2.09. The highest BCUT2D eigenvalue weighted by atomic mass is 35.5. The molecule has 27 heavy (non-hydrogen) atoms. The van der Waals surface area contributed by atoms with Crippen molar-refractivity contribution in [2.24, 2.45) is 0 Å². The van der Waals surface area contributed by atoms with Crippen molar-refractivity contribution in [1.82, 2.24) is 5.32 Å². The molecule has 2 rings (SSSR count). The second-order valence-electron chi connectivity index (χ2n) is 5.68. The van der Waals surface area contributed by atoms with Crippen LogP contribution < -0.4 is 24.3 Å². The van der Waals surface area contributed by atoms with Gasteiger partial charge in [-0.15, -0.1) is 0 Å². The van der Waals surface area contributed by atoms with Crippen LogP contribution in [0.1, 0.15) is 18.9 Å². The molecule has 6 nitrogen and oxygen atoms in total. The van der Waals surface area contributed by atoms with Gasteiger partial charge in [0.25, 0.3) is 5.91 Å². The molecule has 0 saturated heterocycles. The molecule has 146 valence electrons. The van der Waals surface area contributed by atoms with Crippen molar-refractivity contribution in [2.75, 3.05) is 21.3 Å². The summed E-state index contributed by atoms with van der Waals surface area (Å²) in [5.74, 6) is 1.87. The Morgan fingerprint density at radius 2 is 1.81 bits per heavy atom. The molecule has 1 unspecified atom stereocenters. The Morgan fingerprint density at radius 1 is 1.07 bits per heavy atom. The smallest absolute Gasteiger partial charge is 0.261 e. The van der Waals surface area contributed by atoms with E-state index in [0.717, 1.165) is 5.56 Å². The van der Waals surface area contributed by atoms with Gasteiger partial charge in [0.15, 0.2) is 17.6 Å². The van der Waals surface area contributed by atoms with Gasteiger partial charge in [0, 0.05) is 17.1 Å². The molecule has 0 radical (unpaired) electrons. The minimum atomic E-state index is -0.630. The molecule has 0 aliphatic rings. The van der Waals surface area contributed by atoms with E-state index in [1.807, 2.05) is 13.0 Å². The number of benzene rings is 2. The van der Waals surface area contributed by atoms with E-state index < -0.39 is 6.10 Å². The van der Waals surface area contributed by atoms with Crippen molar-refractivity contribution in [3.8, 4) is 23.0 Å². The second kappa shape index (κ2) is 9.92. The number of hydrogen-bond acceptors (Lipinski definition) is 5. The quantitative estimate of drug-likeness (QED) is 0.701. The molecular weight excluding hydrogens is 370 g/mol. The zero-order valence-electron chi connectivity index (χ0n) is 15.9. The van der Waals surface area contributed by atoms with Gasteiger partial charge in [0.2, 0.25) is 5.75 Å². The minimum absolute atomic E-state index is 0.227. The van der Waals surface area contributed by atoms with Crippen molar-refractivity contribution in [3.05, 3.63) is 47.0 Å². The number of hydrogen-bond donors (Lipinski definition) is 1. The molecule has 0 spiro atoms. The molecule has 0 bridgehead atoms. The zero-order valence-corrected chi connectivity index (χ0v) is 16.6. The van der Waals surface area contributed by atoms with Crippen molar-refractivity contribution in [2.45, 2.75) is 26.0 Å². The summed E-state index contributed by atoms with van der Waals surface area (Å²) in [4.78, 5) is 12.5. The van der Waals surface area contributed by atoms with E-state index in [2.05, 4.69) is 5.32 Å². The fourth-order valence-corrected chi connectivity index (χ4v) is 2.81. The van der Waals surface area contributed by atoms with Gasteiger partial charge in [-0.05, 0) is 36.8 Å². The topological polar surface area (TPSA) is 66.0 Å². The van der Waals surface area contributed by atoms with E-state index in [1.54, 1.807) is 44.6 Å². The standard InChI is InChI=1S/C20H24ClNO5/c1-5-16(27-15-8-6-7-14(21)11-15)20(23)22-12-13-9-10-17(24-2)19(26-4)18(13)25-3/h6-11,16H,5,12H2,1-4H3,(H,22,23). The Labute approximate surface area is 164 Å². The Morgan fingerprint density at radius 3 is 2.41 bits per heavy atom. The lowest BCUT2D eigenvalue weighted by Gasteiger charge is -2.19. The van der Waals surface area contributed by atoms with Gasteiger partial charge in [0.1, 0.15) is 5.75 Å². The lowest BCUT2D eigenvalue weighted by molar-refractivity contribution is -0.128. The SMILES string of the molecule is CCC(Oc1cccc(Cl)c1)C(=O)NCc1ccc(OC)c(OC)c1OC. The van der Waals surface area contributed by atoms with Gasteiger partial charge in [-0.25, -0.2) is 0 Å². The van der Waals surface area contributed by atoms with Gasteiger partial charge in [-0.3, -0.25) is 4.79 Å². The van der Waals surface area contributed by atoms with Crippen LogP contribution in [0.2, 0.25) is 5.02 Å². The maximum absolute atomic E-state index is 12.5. The number of amides is 1. The first-order chi connectivity index (χ1) is 13.0. The highest BCUT2D eigenvalue weighted by Crippen LogP contribution is 2.39. The first kappa shape index (κ1) is 20.7. The fraction of sp³-hybridized carbons (Fsp3) is 0.350. The first-order valence-electron chi connectivity index (χ1n) is 8.51. The average molecular weight is 394 g/mol. The maximum Gasteiger partial charge on any atom is 0.261 e. The van der Waals surface area contributed by atoms with Gasteiger partial charge in [-0.1, -0.05) is 24.6 Å². The van der Waals surface area contributed by atoms with Crippen molar-refractivity contribution in [3.63, 3.8) is 0 Å². The highest BCUT2D eigenvalue weighted by molar-refractivity contribution is 6.30. The Bertz CT molecular complexity index is 781. The van der Waals surface area contributed by atoms with Crippen molar-refractivity contribution < 1.29 is 23.7 Å². The average Bonchev–Trinajstić information content (AvgIpc) is 2.69. The zero-order chi connectivity index (χ0) is 19.8. The largest absolute Gasteiger partial charge is 0.493 e. The van der Waals surface area contributed by atoms with Crippen LogP contribution in [0.4, 0.5) is 0 Å². The summed E-state index contributed by atoms with van der Waals surface area (Å²) in [7, 11) is 4.63. The molecule has 2 aromatic carbocycles. The van der Waals surface area contributed by atoms with Crippen LogP contribution in [0.5, 0.6) is 23.0 Å². The number of methoxy groups -OCH3 is 3. The van der Waals surface area contributed by atoms with Crippen LogP contribution in [0.25, 0.3) is 0 Å². The number of halogens is 1. The van der Waals surface area contributed by atoms with Crippen LogP contribution in [0.15, 0.2) is 36.4 Å². The molecule has 2 aromatic rings. The summed E-state index contributed by atoms with van der Waals surface area (Å²) >= 11 is 5.96. The molecule has 1 amide bonds. The van der Waals surface area contributed by atoms with Crippen LogP contribution in [-0.2, 0) is 11.3 Å². The summed E-state index contributed by atoms with van der Waals surface area (Å²) in [5, 5.41) is 3.43. The van der Waals surface area contributed by atoms with Gasteiger partial charge in [0.05, 0.1) is 21.3 Å². The Kier molecular flexibility index (Phi) is 7.61. The third-order valence-electron chi connectivity index (χ3n) is 3.98. The van der Waals surface area contributed by atoms with Crippen LogP contribution in [0.3, 0.4) is 0 Å². The van der Waals surface area contributed by atoms with Gasteiger partial charge < -0.3 is 24.3 Å². The predicted octanol–water partition coefficient (Wildman–Crippen LogP) is 3.84. The van der Waals surface area contributed by atoms with E-state index in [-0.39, 0.29) is 12.5 Å². The molecular formula is C20H24ClNO5. The van der Waals surface area contributed by atoms with Crippen molar-refractivity contribution >= 4 is 17.5 Å².